The Labute approximate surface area is 220 Å². The third kappa shape index (κ3) is 5.73. The van der Waals surface area contributed by atoms with Crippen molar-refractivity contribution in [2.24, 2.45) is 4.99 Å². The molecular weight excluding hydrogens is 494 g/mol. The summed E-state index contributed by atoms with van der Waals surface area (Å²) in [6.45, 7) is 1.79. The van der Waals surface area contributed by atoms with E-state index in [1.165, 1.54) is 0 Å². The van der Waals surface area contributed by atoms with Crippen LogP contribution in [0.15, 0.2) is 77.8 Å². The maximum absolute atomic E-state index is 13.3. The second kappa shape index (κ2) is 11.1. The summed E-state index contributed by atoms with van der Waals surface area (Å²) in [4.78, 5) is 43.6. The highest BCUT2D eigenvalue weighted by Gasteiger charge is 2.34. The molecule has 2 amide bonds. The molecule has 3 aromatic carbocycles. The van der Waals surface area contributed by atoms with Crippen LogP contribution in [0.25, 0.3) is 0 Å². The minimum absolute atomic E-state index is 0. The smallest absolute Gasteiger partial charge is 0.305 e. The molecule has 0 saturated heterocycles. The number of fused-ring (bicyclic) bond motifs is 1. The summed E-state index contributed by atoms with van der Waals surface area (Å²) in [7, 11) is 0. The van der Waals surface area contributed by atoms with Gasteiger partial charge in [0, 0.05) is 35.6 Å². The van der Waals surface area contributed by atoms with Crippen LogP contribution in [-0.4, -0.2) is 46.8 Å². The summed E-state index contributed by atoms with van der Waals surface area (Å²) in [5.74, 6) is -0.874. The Balaban J connectivity index is 0.00000320. The molecular formula is C27H26ClN5O4. The topological polar surface area (TPSA) is 123 Å². The lowest BCUT2D eigenvalue weighted by Gasteiger charge is -2.27. The molecule has 9 nitrogen and oxygen atoms in total. The Morgan fingerprint density at radius 1 is 1.03 bits per heavy atom. The van der Waals surface area contributed by atoms with Gasteiger partial charge in [-0.15, -0.1) is 12.4 Å². The molecule has 0 radical (unpaired) electrons. The van der Waals surface area contributed by atoms with Crippen molar-refractivity contribution in [3.05, 3.63) is 95.1 Å². The van der Waals surface area contributed by atoms with Crippen molar-refractivity contribution in [1.29, 1.82) is 0 Å². The number of carbonyl (C=O) groups excluding carboxylic acids is 2. The second-order valence-corrected chi connectivity index (χ2v) is 8.65. The van der Waals surface area contributed by atoms with Gasteiger partial charge in [0.1, 0.15) is 0 Å². The van der Waals surface area contributed by atoms with E-state index >= 15 is 0 Å². The average molecular weight is 520 g/mol. The number of rotatable bonds is 7. The van der Waals surface area contributed by atoms with Crippen molar-refractivity contribution < 1.29 is 19.5 Å². The van der Waals surface area contributed by atoms with Crippen LogP contribution in [0.5, 0.6) is 0 Å². The number of halogens is 1. The van der Waals surface area contributed by atoms with Gasteiger partial charge in [0.2, 0.25) is 0 Å². The summed E-state index contributed by atoms with van der Waals surface area (Å²) in [6.07, 6.45) is -0.195. The lowest BCUT2D eigenvalue weighted by molar-refractivity contribution is -0.138. The molecule has 10 heteroatoms. The summed E-state index contributed by atoms with van der Waals surface area (Å²) in [5, 5.41) is 18.6. The van der Waals surface area contributed by atoms with Crippen molar-refractivity contribution in [2.45, 2.75) is 19.0 Å². The number of carboxylic acid groups (broad SMARTS) is 1. The third-order valence-electron chi connectivity index (χ3n) is 6.19. The molecule has 1 unspecified atom stereocenters. The number of guanidine groups is 1. The molecule has 0 aliphatic carbocycles. The average Bonchev–Trinajstić information content (AvgIpc) is 3.51. The van der Waals surface area contributed by atoms with Gasteiger partial charge in [0.05, 0.1) is 19.0 Å². The molecule has 2 heterocycles. The van der Waals surface area contributed by atoms with E-state index in [0.29, 0.717) is 35.9 Å². The second-order valence-electron chi connectivity index (χ2n) is 8.65. The molecule has 0 saturated carbocycles. The van der Waals surface area contributed by atoms with E-state index in [2.05, 4.69) is 20.9 Å². The van der Waals surface area contributed by atoms with E-state index in [4.69, 9.17) is 0 Å². The normalized spacial score (nSPS) is 14.6. The van der Waals surface area contributed by atoms with E-state index in [0.717, 1.165) is 23.4 Å². The van der Waals surface area contributed by atoms with Crippen molar-refractivity contribution in [2.75, 3.05) is 23.7 Å². The molecule has 0 bridgehead atoms. The van der Waals surface area contributed by atoms with Crippen LogP contribution in [0, 0.1) is 0 Å². The van der Waals surface area contributed by atoms with Gasteiger partial charge in [-0.1, -0.05) is 42.5 Å². The molecule has 4 N–H and O–H groups in total. The van der Waals surface area contributed by atoms with Gasteiger partial charge >= 0.3 is 5.97 Å². The van der Waals surface area contributed by atoms with E-state index < -0.39 is 12.0 Å². The lowest BCUT2D eigenvalue weighted by atomic mass is 10.0. The lowest BCUT2D eigenvalue weighted by Crippen LogP contribution is -2.30. The molecule has 190 valence electrons. The molecule has 37 heavy (non-hydrogen) atoms. The van der Waals surface area contributed by atoms with Gasteiger partial charge in [-0.3, -0.25) is 19.4 Å². The highest BCUT2D eigenvalue weighted by Crippen LogP contribution is 2.34. The molecule has 3 aromatic rings. The molecule has 2 aliphatic heterocycles. The Hall–Kier alpha value is -4.37. The quantitative estimate of drug-likeness (QED) is 0.375. The first kappa shape index (κ1) is 25.7. The van der Waals surface area contributed by atoms with E-state index in [-0.39, 0.29) is 30.6 Å². The maximum Gasteiger partial charge on any atom is 0.305 e. The van der Waals surface area contributed by atoms with Gasteiger partial charge < -0.3 is 26.0 Å². The SMILES string of the molecule is Cl.O=C(O)CC(c1ccccc1)N1Cc2ccc(NC(=O)c3cccc(NC4=NCCN4)c3)cc2C1=O. The summed E-state index contributed by atoms with van der Waals surface area (Å²) < 4.78 is 0. The zero-order valence-electron chi connectivity index (χ0n) is 19.8. The summed E-state index contributed by atoms with van der Waals surface area (Å²) in [5.41, 5.74) is 3.70. The number of hydrogen-bond donors (Lipinski definition) is 4. The van der Waals surface area contributed by atoms with Gasteiger partial charge in [-0.2, -0.15) is 0 Å². The van der Waals surface area contributed by atoms with Crippen molar-refractivity contribution in [3.63, 3.8) is 0 Å². The number of amides is 2. The highest BCUT2D eigenvalue weighted by molar-refractivity contribution is 6.07. The number of carbonyl (C=O) groups is 3. The Bertz CT molecular complexity index is 1360. The number of aliphatic carboxylic acids is 1. The number of benzene rings is 3. The van der Waals surface area contributed by atoms with Crippen molar-refractivity contribution >= 4 is 47.5 Å². The number of nitrogens with zero attached hydrogens (tertiary/aromatic N) is 2. The number of nitrogens with one attached hydrogen (secondary N) is 3. The Morgan fingerprint density at radius 3 is 2.57 bits per heavy atom. The third-order valence-corrected chi connectivity index (χ3v) is 6.19. The van der Waals surface area contributed by atoms with Gasteiger partial charge in [-0.25, -0.2) is 0 Å². The number of hydrogen-bond acceptors (Lipinski definition) is 6. The first-order valence-corrected chi connectivity index (χ1v) is 11.7. The first-order chi connectivity index (χ1) is 17.5. The largest absolute Gasteiger partial charge is 0.481 e. The van der Waals surface area contributed by atoms with Crippen LogP contribution in [0.1, 0.15) is 44.3 Å². The predicted octanol–water partition coefficient (Wildman–Crippen LogP) is 3.90. The monoisotopic (exact) mass is 519 g/mol. The number of aliphatic imine (C=N–C) groups is 1. The highest BCUT2D eigenvalue weighted by atomic mass is 35.5. The van der Waals surface area contributed by atoms with Gasteiger partial charge in [0.15, 0.2) is 5.96 Å². The van der Waals surface area contributed by atoms with E-state index in [9.17, 15) is 19.5 Å². The first-order valence-electron chi connectivity index (χ1n) is 11.7. The molecule has 0 fully saturated rings. The number of carboxylic acids is 1. The van der Waals surface area contributed by atoms with Crippen LogP contribution < -0.4 is 16.0 Å². The minimum atomic E-state index is -0.979. The Morgan fingerprint density at radius 2 is 1.84 bits per heavy atom. The van der Waals surface area contributed by atoms with Crippen molar-refractivity contribution in [3.8, 4) is 0 Å². The van der Waals surface area contributed by atoms with Crippen LogP contribution in [0.4, 0.5) is 11.4 Å². The molecule has 5 rings (SSSR count). The zero-order chi connectivity index (χ0) is 25.1. The molecule has 2 aliphatic rings. The van der Waals surface area contributed by atoms with Gasteiger partial charge in [0.25, 0.3) is 11.8 Å². The van der Waals surface area contributed by atoms with Crippen LogP contribution in [0.3, 0.4) is 0 Å². The zero-order valence-corrected chi connectivity index (χ0v) is 20.6. The fourth-order valence-corrected chi connectivity index (χ4v) is 4.46. The molecule has 0 spiro atoms. The molecule has 1 atom stereocenters. The Kier molecular flexibility index (Phi) is 7.74. The fraction of sp³-hybridized carbons (Fsp3) is 0.185. The van der Waals surface area contributed by atoms with E-state index in [1.54, 1.807) is 41.3 Å². The predicted molar refractivity (Wildman–Crippen MR) is 143 cm³/mol. The minimum Gasteiger partial charge on any atom is -0.481 e. The summed E-state index contributed by atoms with van der Waals surface area (Å²) >= 11 is 0. The van der Waals surface area contributed by atoms with Crippen LogP contribution in [-0.2, 0) is 11.3 Å². The van der Waals surface area contributed by atoms with Gasteiger partial charge in [-0.05, 0) is 41.5 Å². The van der Waals surface area contributed by atoms with E-state index in [1.807, 2.05) is 36.4 Å². The number of anilines is 2. The van der Waals surface area contributed by atoms with Crippen LogP contribution in [0.2, 0.25) is 0 Å². The molecule has 0 aromatic heterocycles. The van der Waals surface area contributed by atoms with Crippen LogP contribution >= 0.6 is 12.4 Å². The summed E-state index contributed by atoms with van der Waals surface area (Å²) in [6, 6.07) is 20.8. The fourth-order valence-electron chi connectivity index (χ4n) is 4.46. The maximum atomic E-state index is 13.3. The van der Waals surface area contributed by atoms with Crippen molar-refractivity contribution in [1.82, 2.24) is 10.2 Å². The standard InChI is InChI=1S/C27H25N5O4.ClH/c33-24(34)15-23(17-5-2-1-3-6-17)32-16-19-9-10-21(14-22(19)26(32)36)30-25(35)18-7-4-8-20(13-18)31-27-28-11-12-29-27;/h1-10,13-14,23H,11-12,15-16H2,(H,30,35)(H,33,34)(H2,28,29,31);1H.